The van der Waals surface area contributed by atoms with Gasteiger partial charge in [0.15, 0.2) is 0 Å². The molecule has 0 saturated heterocycles. The van der Waals surface area contributed by atoms with Gasteiger partial charge in [0.1, 0.15) is 5.82 Å². The second-order valence-electron chi connectivity index (χ2n) is 4.80. The Bertz CT molecular complexity index is 522. The molecule has 1 N–H and O–H groups in total. The Morgan fingerprint density at radius 1 is 1.42 bits per heavy atom. The summed E-state index contributed by atoms with van der Waals surface area (Å²) in [5, 5.41) is 3.47. The van der Waals surface area contributed by atoms with Crippen molar-refractivity contribution in [2.45, 2.75) is 25.8 Å². The molecule has 0 radical (unpaired) electrons. The van der Waals surface area contributed by atoms with Crippen LogP contribution in [0.3, 0.4) is 0 Å². The van der Waals surface area contributed by atoms with Crippen LogP contribution < -0.4 is 5.32 Å². The largest absolute Gasteiger partial charge is 0.340 e. The number of benzene rings is 1. The Labute approximate surface area is 113 Å². The molecule has 1 aromatic carbocycles. The molecule has 1 aromatic heterocycles. The monoisotopic (exact) mass is 261 g/mol. The number of hydrogen-bond donors (Lipinski definition) is 1. The average Bonchev–Trinajstić information content (AvgIpc) is 2.81. The first-order valence-corrected chi connectivity index (χ1v) is 6.64. The molecule has 4 heteroatoms. The summed E-state index contributed by atoms with van der Waals surface area (Å²) in [4.78, 5) is 4.39. The van der Waals surface area contributed by atoms with Crippen LogP contribution in [0.2, 0.25) is 0 Å². The van der Waals surface area contributed by atoms with E-state index >= 15 is 0 Å². The number of nitrogens with one attached hydrogen (secondary N) is 1. The Kier molecular flexibility index (Phi) is 4.68. The number of aromatic nitrogens is 2. The molecule has 102 valence electrons. The van der Waals surface area contributed by atoms with Gasteiger partial charge in [-0.3, -0.25) is 0 Å². The van der Waals surface area contributed by atoms with Crippen molar-refractivity contribution in [1.82, 2.24) is 14.9 Å². The van der Waals surface area contributed by atoms with Gasteiger partial charge in [-0.25, -0.2) is 9.37 Å². The van der Waals surface area contributed by atoms with Gasteiger partial charge in [0, 0.05) is 13.2 Å². The maximum absolute atomic E-state index is 13.2. The zero-order valence-electron chi connectivity index (χ0n) is 11.4. The maximum atomic E-state index is 13.2. The quantitative estimate of drug-likeness (QED) is 0.866. The fraction of sp³-hybridized carbons (Fsp3) is 0.400. The van der Waals surface area contributed by atoms with Gasteiger partial charge >= 0.3 is 0 Å². The lowest BCUT2D eigenvalue weighted by Crippen LogP contribution is -2.24. The van der Waals surface area contributed by atoms with E-state index in [1.54, 1.807) is 18.5 Å². The Morgan fingerprint density at radius 3 is 2.89 bits per heavy atom. The average molecular weight is 261 g/mol. The van der Waals surface area contributed by atoms with Gasteiger partial charge in [0.2, 0.25) is 0 Å². The van der Waals surface area contributed by atoms with E-state index in [-0.39, 0.29) is 11.9 Å². The predicted octanol–water partition coefficient (Wildman–Crippen LogP) is 2.84. The van der Waals surface area contributed by atoms with E-state index in [2.05, 4.69) is 17.2 Å². The molecule has 2 aromatic rings. The number of imidazole rings is 1. The first-order valence-electron chi connectivity index (χ1n) is 6.64. The SMILES string of the molecule is CCCNC(Cc1cccc(F)c1)c1cn(C)cn1. The van der Waals surface area contributed by atoms with Crippen LogP contribution >= 0.6 is 0 Å². The number of rotatable bonds is 6. The van der Waals surface area contributed by atoms with E-state index in [4.69, 9.17) is 0 Å². The second kappa shape index (κ2) is 6.48. The highest BCUT2D eigenvalue weighted by Gasteiger charge is 2.14. The van der Waals surface area contributed by atoms with Crippen LogP contribution in [-0.2, 0) is 13.5 Å². The van der Waals surface area contributed by atoms with Crippen LogP contribution in [0.25, 0.3) is 0 Å². The van der Waals surface area contributed by atoms with E-state index in [9.17, 15) is 4.39 Å². The summed E-state index contributed by atoms with van der Waals surface area (Å²) in [6, 6.07) is 6.89. The third-order valence-corrected chi connectivity index (χ3v) is 3.05. The third kappa shape index (κ3) is 3.89. The van der Waals surface area contributed by atoms with E-state index in [0.717, 1.165) is 30.6 Å². The summed E-state index contributed by atoms with van der Waals surface area (Å²) in [6.07, 6.45) is 5.61. The lowest BCUT2D eigenvalue weighted by atomic mass is 10.0. The van der Waals surface area contributed by atoms with Crippen LogP contribution in [0.5, 0.6) is 0 Å². The molecule has 1 heterocycles. The van der Waals surface area contributed by atoms with Gasteiger partial charge in [-0.1, -0.05) is 19.1 Å². The second-order valence-corrected chi connectivity index (χ2v) is 4.80. The van der Waals surface area contributed by atoms with E-state index < -0.39 is 0 Å². The van der Waals surface area contributed by atoms with Gasteiger partial charge in [-0.15, -0.1) is 0 Å². The first kappa shape index (κ1) is 13.7. The minimum atomic E-state index is -0.187. The molecule has 19 heavy (non-hydrogen) atoms. The lowest BCUT2D eigenvalue weighted by Gasteiger charge is -2.16. The molecule has 1 atom stereocenters. The van der Waals surface area contributed by atoms with Gasteiger partial charge < -0.3 is 9.88 Å². The molecular weight excluding hydrogens is 241 g/mol. The molecule has 2 rings (SSSR count). The smallest absolute Gasteiger partial charge is 0.123 e. The summed E-state index contributed by atoms with van der Waals surface area (Å²) in [7, 11) is 1.95. The fourth-order valence-electron chi connectivity index (χ4n) is 2.11. The number of nitrogens with zero attached hydrogens (tertiary/aromatic N) is 2. The fourth-order valence-corrected chi connectivity index (χ4v) is 2.11. The van der Waals surface area contributed by atoms with Crippen molar-refractivity contribution in [3.05, 3.63) is 53.9 Å². The molecule has 0 aliphatic rings. The Balaban J connectivity index is 2.13. The summed E-state index contributed by atoms with van der Waals surface area (Å²) >= 11 is 0. The first-order chi connectivity index (χ1) is 9.19. The molecule has 0 amide bonds. The highest BCUT2D eigenvalue weighted by molar-refractivity contribution is 5.19. The molecule has 0 saturated carbocycles. The highest BCUT2D eigenvalue weighted by atomic mass is 19.1. The summed E-state index contributed by atoms with van der Waals surface area (Å²) < 4.78 is 15.2. The molecular formula is C15H20FN3. The van der Waals surface area contributed by atoms with Crippen molar-refractivity contribution in [1.29, 1.82) is 0 Å². The van der Waals surface area contributed by atoms with Gasteiger partial charge in [-0.2, -0.15) is 0 Å². The van der Waals surface area contributed by atoms with E-state index in [1.807, 2.05) is 23.9 Å². The zero-order chi connectivity index (χ0) is 13.7. The van der Waals surface area contributed by atoms with Crippen molar-refractivity contribution in [2.24, 2.45) is 7.05 Å². The summed E-state index contributed by atoms with van der Waals surface area (Å²) in [5.41, 5.74) is 1.99. The van der Waals surface area contributed by atoms with Crippen molar-refractivity contribution >= 4 is 0 Å². The van der Waals surface area contributed by atoms with Crippen LogP contribution in [-0.4, -0.2) is 16.1 Å². The normalized spacial score (nSPS) is 12.6. The Morgan fingerprint density at radius 2 is 2.26 bits per heavy atom. The molecule has 0 fully saturated rings. The number of aryl methyl sites for hydroxylation is 1. The van der Waals surface area contributed by atoms with Crippen molar-refractivity contribution in [2.75, 3.05) is 6.54 Å². The van der Waals surface area contributed by atoms with Crippen LogP contribution in [0.1, 0.15) is 30.6 Å². The van der Waals surface area contributed by atoms with Gasteiger partial charge in [0.05, 0.1) is 18.1 Å². The topological polar surface area (TPSA) is 29.9 Å². The number of hydrogen-bond acceptors (Lipinski definition) is 2. The Hall–Kier alpha value is -1.68. The summed E-state index contributed by atoms with van der Waals surface area (Å²) in [6.45, 7) is 3.06. The zero-order valence-corrected chi connectivity index (χ0v) is 11.4. The van der Waals surface area contributed by atoms with Gasteiger partial charge in [-0.05, 0) is 37.1 Å². The highest BCUT2D eigenvalue weighted by Crippen LogP contribution is 2.17. The summed E-state index contributed by atoms with van der Waals surface area (Å²) in [5.74, 6) is -0.187. The van der Waals surface area contributed by atoms with E-state index in [0.29, 0.717) is 0 Å². The standard InChI is InChI=1S/C15H20FN3/c1-3-7-17-14(15-10-19(2)11-18-15)9-12-5-4-6-13(16)8-12/h4-6,8,10-11,14,17H,3,7,9H2,1-2H3. The van der Waals surface area contributed by atoms with Crippen molar-refractivity contribution in [3.8, 4) is 0 Å². The molecule has 0 spiro atoms. The minimum Gasteiger partial charge on any atom is -0.340 e. The van der Waals surface area contributed by atoms with Crippen LogP contribution in [0, 0.1) is 5.82 Å². The molecule has 3 nitrogen and oxygen atoms in total. The minimum absolute atomic E-state index is 0.128. The lowest BCUT2D eigenvalue weighted by molar-refractivity contribution is 0.517. The maximum Gasteiger partial charge on any atom is 0.123 e. The third-order valence-electron chi connectivity index (χ3n) is 3.05. The van der Waals surface area contributed by atoms with E-state index in [1.165, 1.54) is 6.07 Å². The van der Waals surface area contributed by atoms with Gasteiger partial charge in [0.25, 0.3) is 0 Å². The van der Waals surface area contributed by atoms with Crippen LogP contribution in [0.4, 0.5) is 4.39 Å². The predicted molar refractivity (Wildman–Crippen MR) is 74.3 cm³/mol. The molecule has 0 bridgehead atoms. The number of halogens is 1. The van der Waals surface area contributed by atoms with Crippen LogP contribution in [0.15, 0.2) is 36.8 Å². The van der Waals surface area contributed by atoms with Crippen molar-refractivity contribution < 1.29 is 4.39 Å². The molecule has 0 aliphatic heterocycles. The molecule has 0 aliphatic carbocycles. The molecule has 1 unspecified atom stereocenters. The van der Waals surface area contributed by atoms with Crippen molar-refractivity contribution in [3.63, 3.8) is 0 Å².